The van der Waals surface area contributed by atoms with Crippen molar-refractivity contribution in [2.75, 3.05) is 6.54 Å². The zero-order valence-electron chi connectivity index (χ0n) is 9.95. The molecule has 0 aliphatic carbocycles. The van der Waals surface area contributed by atoms with Crippen molar-refractivity contribution in [3.05, 3.63) is 63.1 Å². The molecule has 5 heteroatoms. The fraction of sp³-hybridized carbons (Fsp3) is 0.143. The first-order chi connectivity index (χ1) is 9.11. The molecule has 0 bridgehead atoms. The van der Waals surface area contributed by atoms with Crippen LogP contribution < -0.4 is 5.73 Å². The van der Waals surface area contributed by atoms with E-state index in [2.05, 4.69) is 0 Å². The lowest BCUT2D eigenvalue weighted by molar-refractivity contribution is 0.941. The van der Waals surface area contributed by atoms with Gasteiger partial charge in [0.2, 0.25) is 0 Å². The van der Waals surface area contributed by atoms with Gasteiger partial charge in [-0.1, -0.05) is 53.0 Å². The minimum atomic E-state index is 0.0460. The molecular weight excluding hydrogens is 321 g/mol. The molecular formula is C14H12Cl3NS. The Morgan fingerprint density at radius 3 is 2.42 bits per heavy atom. The summed E-state index contributed by atoms with van der Waals surface area (Å²) in [5.74, 6) is 0. The van der Waals surface area contributed by atoms with Gasteiger partial charge < -0.3 is 5.73 Å². The summed E-state index contributed by atoms with van der Waals surface area (Å²) in [4.78, 5) is 0.907. The van der Waals surface area contributed by atoms with Gasteiger partial charge in [0.15, 0.2) is 0 Å². The molecule has 0 aliphatic rings. The highest BCUT2D eigenvalue weighted by Crippen LogP contribution is 2.41. The summed E-state index contributed by atoms with van der Waals surface area (Å²) in [5.41, 5.74) is 6.86. The van der Waals surface area contributed by atoms with Crippen molar-refractivity contribution in [3.63, 3.8) is 0 Å². The number of hydrogen-bond acceptors (Lipinski definition) is 2. The van der Waals surface area contributed by atoms with Gasteiger partial charge in [-0.15, -0.1) is 11.8 Å². The largest absolute Gasteiger partial charge is 0.329 e. The maximum atomic E-state index is 6.21. The molecule has 1 nitrogen and oxygen atoms in total. The van der Waals surface area contributed by atoms with Crippen LogP contribution in [0.1, 0.15) is 10.8 Å². The van der Waals surface area contributed by atoms with Crippen molar-refractivity contribution in [2.24, 2.45) is 5.73 Å². The van der Waals surface area contributed by atoms with Gasteiger partial charge in [-0.3, -0.25) is 0 Å². The van der Waals surface area contributed by atoms with Crippen LogP contribution in [0.4, 0.5) is 0 Å². The fourth-order valence-corrected chi connectivity index (χ4v) is 3.63. The zero-order valence-corrected chi connectivity index (χ0v) is 13.0. The Labute approximate surface area is 132 Å². The second kappa shape index (κ2) is 6.87. The first-order valence-electron chi connectivity index (χ1n) is 5.68. The third-order valence-electron chi connectivity index (χ3n) is 2.63. The number of thioether (sulfide) groups is 1. The summed E-state index contributed by atoms with van der Waals surface area (Å²) in [6, 6.07) is 13.1. The van der Waals surface area contributed by atoms with E-state index in [1.54, 1.807) is 23.9 Å². The summed E-state index contributed by atoms with van der Waals surface area (Å²) in [5, 5.41) is 2.08. The highest BCUT2D eigenvalue weighted by atomic mass is 35.5. The standard InChI is InChI=1S/C14H12Cl3NS/c15-9-5-6-12(17)13(7-9)19-14(8-18)10-3-1-2-4-11(10)16/h1-7,14H,8,18H2. The smallest absolute Gasteiger partial charge is 0.0543 e. The summed E-state index contributed by atoms with van der Waals surface area (Å²) in [6.45, 7) is 0.469. The molecule has 0 saturated heterocycles. The molecule has 2 aromatic rings. The van der Waals surface area contributed by atoms with Gasteiger partial charge >= 0.3 is 0 Å². The van der Waals surface area contributed by atoms with Crippen molar-refractivity contribution in [3.8, 4) is 0 Å². The maximum Gasteiger partial charge on any atom is 0.0543 e. The molecule has 2 aromatic carbocycles. The average molecular weight is 333 g/mol. The lowest BCUT2D eigenvalue weighted by Crippen LogP contribution is -2.09. The molecule has 100 valence electrons. The molecule has 0 spiro atoms. The quantitative estimate of drug-likeness (QED) is 0.754. The normalized spacial score (nSPS) is 12.4. The van der Waals surface area contributed by atoms with Crippen LogP contribution in [0.25, 0.3) is 0 Å². The Kier molecular flexibility index (Phi) is 5.43. The lowest BCUT2D eigenvalue weighted by atomic mass is 10.1. The van der Waals surface area contributed by atoms with Crippen LogP contribution in [0.3, 0.4) is 0 Å². The van der Waals surface area contributed by atoms with E-state index in [0.29, 0.717) is 21.6 Å². The summed E-state index contributed by atoms with van der Waals surface area (Å²) in [7, 11) is 0. The van der Waals surface area contributed by atoms with E-state index < -0.39 is 0 Å². The molecule has 2 rings (SSSR count). The van der Waals surface area contributed by atoms with E-state index in [-0.39, 0.29) is 5.25 Å². The highest BCUT2D eigenvalue weighted by Gasteiger charge is 2.16. The van der Waals surface area contributed by atoms with E-state index in [4.69, 9.17) is 40.5 Å². The monoisotopic (exact) mass is 331 g/mol. The number of rotatable bonds is 4. The van der Waals surface area contributed by atoms with E-state index in [0.717, 1.165) is 10.5 Å². The fourth-order valence-electron chi connectivity index (χ4n) is 1.70. The Bertz CT molecular complexity index is 574. The maximum absolute atomic E-state index is 6.21. The molecule has 19 heavy (non-hydrogen) atoms. The number of benzene rings is 2. The molecule has 0 heterocycles. The van der Waals surface area contributed by atoms with Gasteiger partial charge in [0, 0.05) is 26.7 Å². The predicted octanol–water partition coefficient (Wildman–Crippen LogP) is 5.44. The molecule has 1 unspecified atom stereocenters. The van der Waals surface area contributed by atoms with Gasteiger partial charge in [0.05, 0.1) is 5.02 Å². The first kappa shape index (κ1) is 15.0. The second-order valence-electron chi connectivity index (χ2n) is 3.94. The molecule has 0 aliphatic heterocycles. The minimum absolute atomic E-state index is 0.0460. The third-order valence-corrected chi connectivity index (χ3v) is 4.97. The van der Waals surface area contributed by atoms with Crippen LogP contribution in [0.2, 0.25) is 15.1 Å². The number of nitrogens with two attached hydrogens (primary N) is 1. The first-order valence-corrected chi connectivity index (χ1v) is 7.69. The van der Waals surface area contributed by atoms with E-state index in [9.17, 15) is 0 Å². The van der Waals surface area contributed by atoms with E-state index in [1.165, 1.54) is 0 Å². The van der Waals surface area contributed by atoms with Gasteiger partial charge in [0.25, 0.3) is 0 Å². The van der Waals surface area contributed by atoms with Crippen LogP contribution in [0, 0.1) is 0 Å². The molecule has 0 radical (unpaired) electrons. The molecule has 2 N–H and O–H groups in total. The Morgan fingerprint density at radius 1 is 1.00 bits per heavy atom. The minimum Gasteiger partial charge on any atom is -0.329 e. The van der Waals surface area contributed by atoms with Crippen molar-refractivity contribution in [1.29, 1.82) is 0 Å². The molecule has 0 aromatic heterocycles. The SMILES string of the molecule is NCC(Sc1cc(Cl)ccc1Cl)c1ccccc1Cl. The van der Waals surface area contributed by atoms with Gasteiger partial charge in [0.1, 0.15) is 0 Å². The summed E-state index contributed by atoms with van der Waals surface area (Å²) in [6.07, 6.45) is 0. The van der Waals surface area contributed by atoms with Gasteiger partial charge in [-0.05, 0) is 29.8 Å². The third kappa shape index (κ3) is 3.80. The predicted molar refractivity (Wildman–Crippen MR) is 85.6 cm³/mol. The van der Waals surface area contributed by atoms with Gasteiger partial charge in [-0.2, -0.15) is 0 Å². The Hall–Kier alpha value is -0.380. The average Bonchev–Trinajstić information content (AvgIpc) is 2.41. The number of halogens is 3. The zero-order chi connectivity index (χ0) is 13.8. The van der Waals surface area contributed by atoms with Gasteiger partial charge in [-0.25, -0.2) is 0 Å². The van der Waals surface area contributed by atoms with Crippen LogP contribution in [-0.2, 0) is 0 Å². The number of hydrogen-bond donors (Lipinski definition) is 1. The molecule has 0 amide bonds. The molecule has 0 saturated carbocycles. The topological polar surface area (TPSA) is 26.0 Å². The Morgan fingerprint density at radius 2 is 1.74 bits per heavy atom. The lowest BCUT2D eigenvalue weighted by Gasteiger charge is -2.17. The van der Waals surface area contributed by atoms with Crippen molar-refractivity contribution in [1.82, 2.24) is 0 Å². The van der Waals surface area contributed by atoms with Crippen molar-refractivity contribution < 1.29 is 0 Å². The van der Waals surface area contributed by atoms with Crippen molar-refractivity contribution >= 4 is 46.6 Å². The van der Waals surface area contributed by atoms with Crippen LogP contribution >= 0.6 is 46.6 Å². The van der Waals surface area contributed by atoms with Crippen LogP contribution in [0.5, 0.6) is 0 Å². The van der Waals surface area contributed by atoms with Crippen LogP contribution in [0.15, 0.2) is 47.4 Å². The summed E-state index contributed by atoms with van der Waals surface area (Å²) >= 11 is 19.9. The molecule has 0 fully saturated rings. The Balaban J connectivity index is 2.29. The van der Waals surface area contributed by atoms with E-state index in [1.807, 2.05) is 30.3 Å². The van der Waals surface area contributed by atoms with Crippen molar-refractivity contribution in [2.45, 2.75) is 10.1 Å². The second-order valence-corrected chi connectivity index (χ2v) is 6.43. The highest BCUT2D eigenvalue weighted by molar-refractivity contribution is 7.99. The summed E-state index contributed by atoms with van der Waals surface area (Å²) < 4.78 is 0. The molecule has 1 atom stereocenters. The van der Waals surface area contributed by atoms with Crippen LogP contribution in [-0.4, -0.2) is 6.54 Å². The van der Waals surface area contributed by atoms with E-state index >= 15 is 0 Å².